The van der Waals surface area contributed by atoms with Crippen molar-refractivity contribution in [2.24, 2.45) is 0 Å². The molecule has 0 fully saturated rings. The van der Waals surface area contributed by atoms with Crippen molar-refractivity contribution in [2.75, 3.05) is 19.5 Å². The van der Waals surface area contributed by atoms with Crippen molar-refractivity contribution < 1.29 is 19.0 Å². The van der Waals surface area contributed by atoms with Gasteiger partial charge in [0.1, 0.15) is 5.75 Å². The summed E-state index contributed by atoms with van der Waals surface area (Å²) in [6, 6.07) is 12.8. The van der Waals surface area contributed by atoms with Gasteiger partial charge in [-0.25, -0.2) is 9.97 Å². The molecular formula is C23H22BrN3O4. The Morgan fingerprint density at radius 3 is 2.29 bits per heavy atom. The van der Waals surface area contributed by atoms with Crippen LogP contribution in [0.3, 0.4) is 0 Å². The number of anilines is 1. The van der Waals surface area contributed by atoms with Crippen LogP contribution in [0.1, 0.15) is 17.0 Å². The van der Waals surface area contributed by atoms with Gasteiger partial charge in [0.2, 0.25) is 5.91 Å². The summed E-state index contributed by atoms with van der Waals surface area (Å²) in [5, 5.41) is 2.81. The molecule has 1 heterocycles. The molecule has 3 aromatic rings. The Hall–Kier alpha value is -3.39. The zero-order valence-electron chi connectivity index (χ0n) is 17.6. The van der Waals surface area contributed by atoms with E-state index < -0.39 is 0 Å². The average Bonchev–Trinajstić information content (AvgIpc) is 2.72. The van der Waals surface area contributed by atoms with Crippen molar-refractivity contribution >= 4 is 33.6 Å². The van der Waals surface area contributed by atoms with E-state index in [4.69, 9.17) is 14.2 Å². The Balaban J connectivity index is 1.63. The predicted octanol–water partition coefficient (Wildman–Crippen LogP) is 5.32. The minimum Gasteiger partial charge on any atom is -0.493 e. The number of nitrogens with one attached hydrogen (secondary N) is 1. The monoisotopic (exact) mass is 483 g/mol. The number of ether oxygens (including phenoxy) is 3. The van der Waals surface area contributed by atoms with Crippen LogP contribution < -0.4 is 19.5 Å². The standard InChI is InChI=1S/C23H22BrN3O4/c1-14-11-15(2)26-23(25-14)31-18-8-6-17(7-9-18)27-21(28)10-5-16-12-19(24)22(30-4)20(13-16)29-3/h5-13H,1-4H3,(H,27,28)/b10-5+. The molecule has 7 nitrogen and oxygen atoms in total. The van der Waals surface area contributed by atoms with Crippen LogP contribution in [-0.4, -0.2) is 30.1 Å². The molecule has 0 bridgehead atoms. The Kier molecular flexibility index (Phi) is 7.25. The first-order chi connectivity index (χ1) is 14.9. The summed E-state index contributed by atoms with van der Waals surface area (Å²) in [5.41, 5.74) is 3.09. The summed E-state index contributed by atoms with van der Waals surface area (Å²) in [6.45, 7) is 3.77. The van der Waals surface area contributed by atoms with Crippen LogP contribution in [-0.2, 0) is 4.79 Å². The smallest absolute Gasteiger partial charge is 0.322 e. The minimum atomic E-state index is -0.266. The summed E-state index contributed by atoms with van der Waals surface area (Å²) in [4.78, 5) is 20.8. The molecule has 0 atom stereocenters. The number of aromatic nitrogens is 2. The van der Waals surface area contributed by atoms with Crippen LogP contribution in [0.25, 0.3) is 6.08 Å². The van der Waals surface area contributed by atoms with Gasteiger partial charge in [0.15, 0.2) is 11.5 Å². The molecule has 3 rings (SSSR count). The summed E-state index contributed by atoms with van der Waals surface area (Å²) < 4.78 is 17.0. The molecule has 2 aromatic carbocycles. The van der Waals surface area contributed by atoms with Crippen molar-refractivity contribution in [3.8, 4) is 23.3 Å². The Morgan fingerprint density at radius 2 is 1.68 bits per heavy atom. The minimum absolute atomic E-state index is 0.266. The van der Waals surface area contributed by atoms with E-state index in [1.54, 1.807) is 50.6 Å². The van der Waals surface area contributed by atoms with E-state index in [9.17, 15) is 4.79 Å². The zero-order chi connectivity index (χ0) is 22.4. The number of rotatable bonds is 7. The number of halogens is 1. The van der Waals surface area contributed by atoms with Gasteiger partial charge in [-0.3, -0.25) is 4.79 Å². The van der Waals surface area contributed by atoms with Crippen molar-refractivity contribution in [1.29, 1.82) is 0 Å². The summed E-state index contributed by atoms with van der Waals surface area (Å²) in [6.07, 6.45) is 3.14. The number of aryl methyl sites for hydroxylation is 2. The van der Waals surface area contributed by atoms with E-state index in [-0.39, 0.29) is 5.91 Å². The predicted molar refractivity (Wildman–Crippen MR) is 123 cm³/mol. The first kappa shape index (κ1) is 22.3. The molecule has 0 aliphatic rings. The van der Waals surface area contributed by atoms with E-state index in [2.05, 4.69) is 31.2 Å². The Bertz CT molecular complexity index is 1090. The van der Waals surface area contributed by atoms with E-state index in [1.165, 1.54) is 6.08 Å². The summed E-state index contributed by atoms with van der Waals surface area (Å²) >= 11 is 3.44. The maximum atomic E-state index is 12.3. The van der Waals surface area contributed by atoms with Gasteiger partial charge in [0.25, 0.3) is 0 Å². The Morgan fingerprint density at radius 1 is 1.00 bits per heavy atom. The van der Waals surface area contributed by atoms with E-state index in [0.29, 0.717) is 28.9 Å². The number of carbonyl (C=O) groups excluding carboxylic acids is 1. The van der Waals surface area contributed by atoms with Gasteiger partial charge in [0, 0.05) is 23.2 Å². The van der Waals surface area contributed by atoms with Gasteiger partial charge in [0.05, 0.1) is 18.7 Å². The highest BCUT2D eigenvalue weighted by molar-refractivity contribution is 9.10. The molecule has 0 aliphatic heterocycles. The lowest BCUT2D eigenvalue weighted by Crippen LogP contribution is -2.07. The number of benzene rings is 2. The normalized spacial score (nSPS) is 10.7. The third-order valence-electron chi connectivity index (χ3n) is 4.18. The number of nitrogens with zero attached hydrogens (tertiary/aromatic N) is 2. The second-order valence-corrected chi connectivity index (χ2v) is 7.47. The SMILES string of the molecule is COc1cc(/C=C/C(=O)Nc2ccc(Oc3nc(C)cc(C)n3)cc2)cc(Br)c1OC. The molecule has 1 amide bonds. The first-order valence-corrected chi connectivity index (χ1v) is 10.2. The fourth-order valence-electron chi connectivity index (χ4n) is 2.84. The van der Waals surface area contributed by atoms with Gasteiger partial charge in [-0.1, -0.05) is 0 Å². The van der Waals surface area contributed by atoms with Crippen LogP contribution >= 0.6 is 15.9 Å². The maximum absolute atomic E-state index is 12.3. The van der Waals surface area contributed by atoms with Crippen molar-refractivity contribution in [3.05, 3.63) is 70.0 Å². The number of methoxy groups -OCH3 is 2. The number of amides is 1. The summed E-state index contributed by atoms with van der Waals surface area (Å²) in [5.74, 6) is 1.48. The van der Waals surface area contributed by atoms with Gasteiger partial charge in [-0.2, -0.15) is 0 Å². The van der Waals surface area contributed by atoms with Gasteiger partial charge < -0.3 is 19.5 Å². The summed E-state index contributed by atoms with van der Waals surface area (Å²) in [7, 11) is 3.13. The molecule has 0 unspecified atom stereocenters. The largest absolute Gasteiger partial charge is 0.493 e. The van der Waals surface area contributed by atoms with Crippen LogP contribution in [0.4, 0.5) is 5.69 Å². The molecule has 8 heteroatoms. The molecule has 31 heavy (non-hydrogen) atoms. The third kappa shape index (κ3) is 6.05. The molecule has 0 saturated carbocycles. The van der Waals surface area contributed by atoms with Crippen LogP contribution in [0.5, 0.6) is 23.3 Å². The molecule has 1 aromatic heterocycles. The average molecular weight is 484 g/mol. The molecular weight excluding hydrogens is 462 g/mol. The zero-order valence-corrected chi connectivity index (χ0v) is 19.2. The second kappa shape index (κ2) is 10.1. The Labute approximate surface area is 189 Å². The lowest BCUT2D eigenvalue weighted by atomic mass is 10.2. The van der Waals surface area contributed by atoms with Crippen molar-refractivity contribution in [1.82, 2.24) is 9.97 Å². The highest BCUT2D eigenvalue weighted by Crippen LogP contribution is 2.36. The fourth-order valence-corrected chi connectivity index (χ4v) is 3.46. The number of hydrogen-bond donors (Lipinski definition) is 1. The maximum Gasteiger partial charge on any atom is 0.322 e. The van der Waals surface area contributed by atoms with Gasteiger partial charge in [-0.05, 0) is 83.9 Å². The first-order valence-electron chi connectivity index (χ1n) is 9.38. The molecule has 0 aliphatic carbocycles. The van der Waals surface area contributed by atoms with Crippen molar-refractivity contribution in [2.45, 2.75) is 13.8 Å². The number of carbonyl (C=O) groups is 1. The van der Waals surface area contributed by atoms with Crippen LogP contribution in [0, 0.1) is 13.8 Å². The van der Waals surface area contributed by atoms with Crippen LogP contribution in [0.2, 0.25) is 0 Å². The molecule has 0 saturated heterocycles. The molecule has 0 spiro atoms. The molecule has 0 radical (unpaired) electrons. The number of hydrogen-bond acceptors (Lipinski definition) is 6. The lowest BCUT2D eigenvalue weighted by molar-refractivity contribution is -0.111. The second-order valence-electron chi connectivity index (χ2n) is 6.62. The highest BCUT2D eigenvalue weighted by atomic mass is 79.9. The molecule has 160 valence electrons. The van der Waals surface area contributed by atoms with E-state index in [1.807, 2.05) is 26.0 Å². The lowest BCUT2D eigenvalue weighted by Gasteiger charge is -2.10. The fraction of sp³-hybridized carbons (Fsp3) is 0.174. The van der Waals surface area contributed by atoms with E-state index >= 15 is 0 Å². The van der Waals surface area contributed by atoms with Gasteiger partial charge in [-0.15, -0.1) is 0 Å². The topological polar surface area (TPSA) is 82.6 Å². The van der Waals surface area contributed by atoms with Crippen LogP contribution in [0.15, 0.2) is 53.0 Å². The van der Waals surface area contributed by atoms with Gasteiger partial charge >= 0.3 is 6.01 Å². The van der Waals surface area contributed by atoms with Crippen molar-refractivity contribution in [3.63, 3.8) is 0 Å². The molecule has 1 N–H and O–H groups in total. The highest BCUT2D eigenvalue weighted by Gasteiger charge is 2.09. The van der Waals surface area contributed by atoms with E-state index in [0.717, 1.165) is 21.4 Å². The third-order valence-corrected chi connectivity index (χ3v) is 4.76. The quantitative estimate of drug-likeness (QED) is 0.458.